The van der Waals surface area contributed by atoms with Gasteiger partial charge in [-0.1, -0.05) is 54.8 Å². The molecule has 2 aromatic carbocycles. The minimum absolute atomic E-state index is 0.0720. The molecular weight excluding hydrogens is 649 g/mol. The number of nitrogens with one attached hydrogen (secondary N) is 1. The van der Waals surface area contributed by atoms with Crippen molar-refractivity contribution in [2.75, 3.05) is 5.32 Å². The third-order valence-corrected chi connectivity index (χ3v) is 7.91. The molecule has 3 aromatic rings. The van der Waals surface area contributed by atoms with Crippen molar-refractivity contribution in [3.8, 4) is 11.8 Å². The molecule has 226 valence electrons. The van der Waals surface area contributed by atoms with E-state index in [9.17, 15) is 47.5 Å². The minimum Gasteiger partial charge on any atom is -0.444 e. The fraction of sp³-hybridized carbons (Fsp3) is 0.217. The number of ether oxygens (including phenoxy) is 1. The molecule has 3 N–H and O–H groups in total. The van der Waals surface area contributed by atoms with Crippen molar-refractivity contribution in [3.63, 3.8) is 0 Å². The van der Waals surface area contributed by atoms with Gasteiger partial charge in [-0.25, -0.2) is 9.48 Å². The predicted molar refractivity (Wildman–Crippen MR) is 135 cm³/mol. The third-order valence-electron chi connectivity index (χ3n) is 6.21. The molecule has 19 heteroatoms. The van der Waals surface area contributed by atoms with Gasteiger partial charge in [0.25, 0.3) is 0 Å². The maximum Gasteiger partial charge on any atom is 0.416 e. The Morgan fingerprint density at radius 2 is 1.64 bits per heavy atom. The smallest absolute Gasteiger partial charge is 0.416 e. The number of carbonyl (C=O) groups excluding carboxylic acids is 2. The number of primary amides is 1. The summed E-state index contributed by atoms with van der Waals surface area (Å²) in [5, 5.41) is 13.7. The maximum atomic E-state index is 13.4. The molecule has 1 aliphatic rings. The zero-order valence-electron chi connectivity index (χ0n) is 20.4. The lowest BCUT2D eigenvalue weighted by atomic mass is 9.94. The molecule has 1 saturated carbocycles. The zero-order chi connectivity index (χ0) is 31.5. The number of hydrogen-bond donors (Lipinski definition) is 2. The van der Waals surface area contributed by atoms with Crippen molar-refractivity contribution in [1.29, 1.82) is 5.26 Å². The number of aromatic nitrogens is 2. The number of nitrogens with zero attached hydrogens (tertiary/aromatic N) is 3. The Balaban J connectivity index is 1.77. The summed E-state index contributed by atoms with van der Waals surface area (Å²) in [6.07, 6.45) is -5.79. The lowest BCUT2D eigenvalue weighted by Crippen LogP contribution is -2.30. The summed E-state index contributed by atoms with van der Waals surface area (Å²) in [6.45, 7) is -0.570. The second-order valence-electron chi connectivity index (χ2n) is 9.14. The average Bonchev–Trinajstić information content (AvgIpc) is 3.58. The van der Waals surface area contributed by atoms with Crippen molar-refractivity contribution in [2.24, 2.45) is 5.73 Å². The quantitative estimate of drug-likeness (QED) is 0.248. The number of rotatable bonds is 7. The van der Waals surface area contributed by atoms with Gasteiger partial charge in [0.1, 0.15) is 29.1 Å². The Labute approximate surface area is 240 Å². The van der Waals surface area contributed by atoms with Crippen LogP contribution in [0.15, 0.2) is 41.3 Å². The van der Waals surface area contributed by atoms with Crippen LogP contribution in [0.4, 0.5) is 43.2 Å². The maximum absolute atomic E-state index is 13.4. The summed E-state index contributed by atoms with van der Waals surface area (Å²) in [5.74, 6) is -1.50. The van der Waals surface area contributed by atoms with Gasteiger partial charge in [0.05, 0.1) is 21.0 Å². The van der Waals surface area contributed by atoms with Gasteiger partial charge in [0.15, 0.2) is 5.69 Å². The highest BCUT2D eigenvalue weighted by Gasteiger charge is 2.65. The third kappa shape index (κ3) is 6.05. The first kappa shape index (κ1) is 31.2. The summed E-state index contributed by atoms with van der Waals surface area (Å²) < 4.78 is 111. The highest BCUT2D eigenvalue weighted by molar-refractivity contribution is 8.45. The molecule has 0 atom stereocenters. The summed E-state index contributed by atoms with van der Waals surface area (Å²) in [7, 11) is -10.3. The van der Waals surface area contributed by atoms with Gasteiger partial charge in [-0.3, -0.25) is 10.1 Å². The molecule has 1 aliphatic carbocycles. The summed E-state index contributed by atoms with van der Waals surface area (Å²) >= 11 is 11.9. The van der Waals surface area contributed by atoms with Gasteiger partial charge in [-0.15, -0.1) is 0 Å². The molecule has 8 nitrogen and oxygen atoms in total. The van der Waals surface area contributed by atoms with Crippen LogP contribution < -0.4 is 11.1 Å². The van der Waals surface area contributed by atoms with Crippen molar-refractivity contribution in [1.82, 2.24) is 9.78 Å². The van der Waals surface area contributed by atoms with E-state index in [1.165, 1.54) is 0 Å². The van der Waals surface area contributed by atoms with Gasteiger partial charge in [-0.05, 0) is 42.7 Å². The molecule has 1 fully saturated rings. The van der Waals surface area contributed by atoms with Crippen molar-refractivity contribution in [2.45, 2.75) is 35.9 Å². The van der Waals surface area contributed by atoms with Crippen LogP contribution >= 0.6 is 33.4 Å². The molecule has 0 spiro atoms. The van der Waals surface area contributed by atoms with Crippen LogP contribution in [0.2, 0.25) is 10.0 Å². The molecule has 0 radical (unpaired) electrons. The Bertz CT molecular complexity index is 1640. The van der Waals surface area contributed by atoms with Crippen LogP contribution in [0.25, 0.3) is 5.69 Å². The number of nitriles is 1. The van der Waals surface area contributed by atoms with E-state index in [4.69, 9.17) is 33.7 Å². The van der Waals surface area contributed by atoms with E-state index in [1.54, 1.807) is 6.07 Å². The summed E-state index contributed by atoms with van der Waals surface area (Å²) in [6, 6.07) is 4.97. The monoisotopic (exact) mass is 663 g/mol. The molecule has 0 unspecified atom stereocenters. The largest absolute Gasteiger partial charge is 0.444 e. The molecule has 1 aromatic heterocycles. The number of amides is 2. The molecular formula is C23H15Cl2F8N5O3S. The Morgan fingerprint density at radius 1 is 1.10 bits per heavy atom. The van der Waals surface area contributed by atoms with E-state index in [0.717, 1.165) is 24.3 Å². The summed E-state index contributed by atoms with van der Waals surface area (Å²) in [5.41, 5.74) is 1.63. The standard InChI is InChI=1S/C23H15Cl2F8N5O3S/c24-14-7-13(42(29,30,31,32)33)8-15(25)18(14)38-19(17(16(9-34)37-38)22(5-6-22)20(35)39)36-21(40)41-10-11-1-3-12(4-2-11)23(26,27)28/h1-4,7-8H,5-6,10H2,(H2,35,39)(H,36,40). The number of alkyl halides is 3. The van der Waals surface area contributed by atoms with E-state index in [0.29, 0.717) is 4.68 Å². The Kier molecular flexibility index (Phi) is 6.96. The second kappa shape index (κ2) is 9.38. The first-order chi connectivity index (χ1) is 19.1. The second-order valence-corrected chi connectivity index (χ2v) is 12.4. The molecule has 1 heterocycles. The predicted octanol–water partition coefficient (Wildman–Crippen LogP) is 7.99. The van der Waals surface area contributed by atoms with Crippen LogP contribution in [0.1, 0.15) is 35.2 Å². The Hall–Kier alpha value is -3.75. The SMILES string of the molecule is N#Cc1nn(-c2c(Cl)cc(S(F)(F)(F)(F)F)cc2Cl)c(NC(=O)OCc2ccc(C(F)(F)F)cc2)c1C1(C(N)=O)CC1. The first-order valence-corrected chi connectivity index (χ1v) is 13.9. The number of anilines is 1. The van der Waals surface area contributed by atoms with Crippen LogP contribution in [0.3, 0.4) is 0 Å². The summed E-state index contributed by atoms with van der Waals surface area (Å²) in [4.78, 5) is 22.6. The van der Waals surface area contributed by atoms with Gasteiger partial charge in [0, 0.05) is 5.56 Å². The number of halogens is 10. The molecule has 0 saturated heterocycles. The van der Waals surface area contributed by atoms with E-state index < -0.39 is 78.1 Å². The lowest BCUT2D eigenvalue weighted by molar-refractivity contribution is -0.137. The fourth-order valence-electron chi connectivity index (χ4n) is 4.01. The van der Waals surface area contributed by atoms with E-state index >= 15 is 0 Å². The molecule has 42 heavy (non-hydrogen) atoms. The van der Waals surface area contributed by atoms with Gasteiger partial charge < -0.3 is 10.5 Å². The highest BCUT2D eigenvalue weighted by Crippen LogP contribution is 3.02. The molecule has 2 amide bonds. The number of nitrogens with two attached hydrogens (primary N) is 1. The lowest BCUT2D eigenvalue weighted by Gasteiger charge is -2.40. The normalized spacial score (nSPS) is 16.1. The van der Waals surface area contributed by atoms with Gasteiger partial charge >= 0.3 is 22.5 Å². The van der Waals surface area contributed by atoms with Crippen molar-refractivity contribution < 1.29 is 46.9 Å². The molecule has 0 aliphatic heterocycles. The Morgan fingerprint density at radius 3 is 2.07 bits per heavy atom. The van der Waals surface area contributed by atoms with E-state index in [1.807, 2.05) is 0 Å². The molecule has 0 bridgehead atoms. The van der Waals surface area contributed by atoms with E-state index in [-0.39, 0.29) is 36.1 Å². The first-order valence-electron chi connectivity index (χ1n) is 11.2. The zero-order valence-corrected chi connectivity index (χ0v) is 22.7. The van der Waals surface area contributed by atoms with Crippen molar-refractivity contribution >= 4 is 51.2 Å². The van der Waals surface area contributed by atoms with Crippen LogP contribution in [-0.4, -0.2) is 21.8 Å². The topological polar surface area (TPSA) is 123 Å². The van der Waals surface area contributed by atoms with Crippen LogP contribution in [0.5, 0.6) is 0 Å². The average molecular weight is 664 g/mol. The number of benzene rings is 2. The fourth-order valence-corrected chi connectivity index (χ4v) is 5.47. The van der Waals surface area contributed by atoms with Crippen LogP contribution in [-0.2, 0) is 27.7 Å². The van der Waals surface area contributed by atoms with Gasteiger partial charge in [-0.2, -0.15) is 23.5 Å². The number of hydrogen-bond acceptors (Lipinski definition) is 5. The van der Waals surface area contributed by atoms with Gasteiger partial charge in [0.2, 0.25) is 5.91 Å². The van der Waals surface area contributed by atoms with Crippen LogP contribution in [0, 0.1) is 11.3 Å². The number of carbonyl (C=O) groups is 2. The molecule has 4 rings (SSSR count). The highest BCUT2D eigenvalue weighted by atomic mass is 35.5. The van der Waals surface area contributed by atoms with Crippen molar-refractivity contribution in [3.05, 3.63) is 68.8 Å². The minimum atomic E-state index is -10.3. The van der Waals surface area contributed by atoms with E-state index in [2.05, 4.69) is 10.4 Å².